The Morgan fingerprint density at radius 3 is 2.91 bits per heavy atom. The largest absolute Gasteiger partial charge is 0.446 e. The molecule has 1 atom stereocenters. The SMILES string of the molecule is C=CCOC1(c2ccc(Cl)cc2)SC=C(C)n2c1noc2=O. The van der Waals surface area contributed by atoms with Gasteiger partial charge in [-0.3, -0.25) is 4.52 Å². The molecule has 0 aliphatic carbocycles. The smallest absolute Gasteiger partial charge is 0.348 e. The minimum atomic E-state index is -0.982. The molecule has 1 aliphatic rings. The van der Waals surface area contributed by atoms with Gasteiger partial charge in [-0.15, -0.1) is 6.58 Å². The van der Waals surface area contributed by atoms with Gasteiger partial charge in [0.15, 0.2) is 0 Å². The maximum Gasteiger partial charge on any atom is 0.446 e. The van der Waals surface area contributed by atoms with Crippen LogP contribution in [0, 0.1) is 0 Å². The zero-order chi connectivity index (χ0) is 15.7. The summed E-state index contributed by atoms with van der Waals surface area (Å²) < 4.78 is 12.3. The Morgan fingerprint density at radius 2 is 2.23 bits per heavy atom. The normalized spacial score (nSPS) is 20.4. The molecule has 0 spiro atoms. The molecule has 0 fully saturated rings. The van der Waals surface area contributed by atoms with E-state index in [4.69, 9.17) is 20.9 Å². The maximum absolute atomic E-state index is 11.9. The van der Waals surface area contributed by atoms with Gasteiger partial charge in [0.1, 0.15) is 0 Å². The number of aromatic nitrogens is 2. The molecule has 2 heterocycles. The molecule has 0 radical (unpaired) electrons. The van der Waals surface area contributed by atoms with Crippen molar-refractivity contribution in [1.82, 2.24) is 9.72 Å². The van der Waals surface area contributed by atoms with Gasteiger partial charge < -0.3 is 4.74 Å². The minimum absolute atomic E-state index is 0.295. The third-order valence-corrected chi connectivity index (χ3v) is 4.85. The average molecular weight is 337 g/mol. The molecule has 114 valence electrons. The number of thioether (sulfide) groups is 1. The zero-order valence-corrected chi connectivity index (χ0v) is 13.4. The Bertz CT molecular complexity index is 794. The number of benzene rings is 1. The summed E-state index contributed by atoms with van der Waals surface area (Å²) in [6.07, 6.45) is 1.64. The third-order valence-electron chi connectivity index (χ3n) is 3.28. The molecular weight excluding hydrogens is 324 g/mol. The van der Waals surface area contributed by atoms with Crippen LogP contribution in [0.4, 0.5) is 0 Å². The molecule has 22 heavy (non-hydrogen) atoms. The van der Waals surface area contributed by atoms with Gasteiger partial charge in [0.05, 0.1) is 6.61 Å². The standard InChI is InChI=1S/C15H13ClN2O3S/c1-3-8-20-15(11-4-6-12(16)7-5-11)13-17-21-14(19)18(13)10(2)9-22-15/h3-7,9H,1,8H2,2H3. The highest BCUT2D eigenvalue weighted by Gasteiger charge is 2.44. The summed E-state index contributed by atoms with van der Waals surface area (Å²) in [7, 11) is 0. The molecule has 0 saturated heterocycles. The van der Waals surface area contributed by atoms with E-state index in [2.05, 4.69) is 11.7 Å². The highest BCUT2D eigenvalue weighted by atomic mass is 35.5. The molecule has 0 saturated carbocycles. The van der Waals surface area contributed by atoms with Gasteiger partial charge >= 0.3 is 5.76 Å². The van der Waals surface area contributed by atoms with Crippen LogP contribution in [0.5, 0.6) is 0 Å². The quantitative estimate of drug-likeness (QED) is 0.800. The summed E-state index contributed by atoms with van der Waals surface area (Å²) in [5, 5.41) is 6.40. The van der Waals surface area contributed by atoms with E-state index in [1.165, 1.54) is 16.3 Å². The molecule has 0 bridgehead atoms. The van der Waals surface area contributed by atoms with E-state index in [1.807, 2.05) is 24.5 Å². The summed E-state index contributed by atoms with van der Waals surface area (Å²) in [5.74, 6) is -0.142. The second-order valence-corrected chi connectivity index (χ2v) is 6.19. The van der Waals surface area contributed by atoms with Gasteiger partial charge in [0.25, 0.3) is 0 Å². The van der Waals surface area contributed by atoms with Crippen LogP contribution in [0.25, 0.3) is 5.70 Å². The summed E-state index contributed by atoms with van der Waals surface area (Å²) in [6, 6.07) is 7.22. The molecule has 3 rings (SSSR count). The molecule has 7 heteroatoms. The van der Waals surface area contributed by atoms with Crippen molar-refractivity contribution < 1.29 is 9.26 Å². The van der Waals surface area contributed by atoms with Gasteiger partial charge in [-0.1, -0.05) is 46.7 Å². The van der Waals surface area contributed by atoms with Gasteiger partial charge in [-0.05, 0) is 24.5 Å². The number of allylic oxidation sites excluding steroid dienone is 1. The summed E-state index contributed by atoms with van der Waals surface area (Å²) in [4.78, 5) is 10.9. The lowest BCUT2D eigenvalue weighted by Crippen LogP contribution is -2.35. The first kappa shape index (κ1) is 15.1. The van der Waals surface area contributed by atoms with Crippen LogP contribution in [0.2, 0.25) is 5.02 Å². The van der Waals surface area contributed by atoms with Crippen molar-refractivity contribution in [2.75, 3.05) is 6.61 Å². The molecule has 1 aromatic heterocycles. The van der Waals surface area contributed by atoms with E-state index >= 15 is 0 Å². The first-order valence-corrected chi connectivity index (χ1v) is 7.79. The lowest BCUT2D eigenvalue weighted by molar-refractivity contribution is 0.0645. The second-order valence-electron chi connectivity index (χ2n) is 4.71. The van der Waals surface area contributed by atoms with Gasteiger partial charge in [-0.2, -0.15) is 0 Å². The van der Waals surface area contributed by atoms with E-state index in [0.29, 0.717) is 17.5 Å². The van der Waals surface area contributed by atoms with Crippen LogP contribution in [0.15, 0.2) is 51.6 Å². The second kappa shape index (κ2) is 5.79. The van der Waals surface area contributed by atoms with Gasteiger partial charge in [-0.25, -0.2) is 9.36 Å². The Labute approximate surface area is 136 Å². The van der Waals surface area contributed by atoms with Crippen molar-refractivity contribution in [1.29, 1.82) is 0 Å². The van der Waals surface area contributed by atoms with E-state index in [9.17, 15) is 4.79 Å². The highest BCUT2D eigenvalue weighted by Crippen LogP contribution is 2.47. The molecule has 0 amide bonds. The van der Waals surface area contributed by atoms with E-state index in [1.54, 1.807) is 18.2 Å². The summed E-state index contributed by atoms with van der Waals surface area (Å²) >= 11 is 7.38. The molecule has 1 aromatic carbocycles. The van der Waals surface area contributed by atoms with E-state index < -0.39 is 10.7 Å². The molecule has 1 aliphatic heterocycles. The van der Waals surface area contributed by atoms with Crippen LogP contribution in [0.1, 0.15) is 18.3 Å². The lowest BCUT2D eigenvalue weighted by Gasteiger charge is -2.33. The first-order valence-electron chi connectivity index (χ1n) is 6.53. The van der Waals surface area contributed by atoms with Crippen molar-refractivity contribution in [2.45, 2.75) is 11.9 Å². The van der Waals surface area contributed by atoms with Crippen molar-refractivity contribution >= 4 is 29.1 Å². The molecule has 5 nitrogen and oxygen atoms in total. The van der Waals surface area contributed by atoms with Crippen molar-refractivity contribution in [3.63, 3.8) is 0 Å². The molecule has 1 unspecified atom stereocenters. The molecular formula is C15H13ClN2O3S. The summed E-state index contributed by atoms with van der Waals surface area (Å²) in [6.45, 7) is 5.79. The predicted octanol–water partition coefficient (Wildman–Crippen LogP) is 3.46. The number of hydrogen-bond donors (Lipinski definition) is 0. The number of rotatable bonds is 4. The Morgan fingerprint density at radius 1 is 1.50 bits per heavy atom. The lowest BCUT2D eigenvalue weighted by atomic mass is 10.1. The van der Waals surface area contributed by atoms with Crippen LogP contribution in [-0.2, 0) is 9.67 Å². The van der Waals surface area contributed by atoms with Gasteiger partial charge in [0, 0.05) is 16.3 Å². The fourth-order valence-electron chi connectivity index (χ4n) is 2.27. The minimum Gasteiger partial charge on any atom is -0.348 e. The zero-order valence-electron chi connectivity index (χ0n) is 11.8. The number of hydrogen-bond acceptors (Lipinski definition) is 5. The van der Waals surface area contributed by atoms with Crippen molar-refractivity contribution in [3.8, 4) is 0 Å². The van der Waals surface area contributed by atoms with Crippen molar-refractivity contribution in [3.05, 3.63) is 69.3 Å². The Balaban J connectivity index is 2.21. The molecule has 2 aromatic rings. The number of ether oxygens (including phenoxy) is 1. The van der Waals surface area contributed by atoms with Gasteiger partial charge in [0.2, 0.25) is 10.8 Å². The topological polar surface area (TPSA) is 57.3 Å². The fourth-order valence-corrected chi connectivity index (χ4v) is 3.48. The predicted molar refractivity (Wildman–Crippen MR) is 86.7 cm³/mol. The highest BCUT2D eigenvalue weighted by molar-refractivity contribution is 8.03. The average Bonchev–Trinajstić information content (AvgIpc) is 2.92. The van der Waals surface area contributed by atoms with E-state index in [0.717, 1.165) is 11.3 Å². The third kappa shape index (κ3) is 2.33. The number of fused-ring (bicyclic) bond motifs is 1. The summed E-state index contributed by atoms with van der Waals surface area (Å²) in [5.41, 5.74) is 1.55. The van der Waals surface area contributed by atoms with E-state index in [-0.39, 0.29) is 0 Å². The molecule has 0 N–H and O–H groups in total. The maximum atomic E-state index is 11.9. The first-order chi connectivity index (χ1) is 10.6. The van der Waals surface area contributed by atoms with Crippen molar-refractivity contribution in [2.24, 2.45) is 0 Å². The van der Waals surface area contributed by atoms with Crippen LogP contribution >= 0.6 is 23.4 Å². The fraction of sp³-hybridized carbons (Fsp3) is 0.200. The Hall–Kier alpha value is -1.76. The monoisotopic (exact) mass is 336 g/mol. The number of nitrogens with zero attached hydrogens (tertiary/aromatic N) is 2. The van der Waals surface area contributed by atoms with Crippen LogP contribution < -0.4 is 5.76 Å². The number of halogens is 1. The Kier molecular flexibility index (Phi) is 3.99. The van der Waals surface area contributed by atoms with Crippen LogP contribution in [0.3, 0.4) is 0 Å². The van der Waals surface area contributed by atoms with Crippen LogP contribution in [-0.4, -0.2) is 16.3 Å².